The monoisotopic (exact) mass is 289 g/mol. The molecule has 0 fully saturated rings. The van der Waals surface area contributed by atoms with Crippen LogP contribution in [0.5, 0.6) is 5.75 Å². The average Bonchev–Trinajstić information content (AvgIpc) is 2.48. The van der Waals surface area contributed by atoms with Crippen LogP contribution in [0, 0.1) is 10.1 Å². The predicted octanol–water partition coefficient (Wildman–Crippen LogP) is 3.57. The molecule has 0 heterocycles. The van der Waals surface area contributed by atoms with Crippen molar-refractivity contribution in [3.05, 3.63) is 58.1 Å². The Morgan fingerprint density at radius 1 is 1.20 bits per heavy atom. The molecule has 6 heteroatoms. The SMILES string of the molecule is COc1ccc(Sc2ccc([N+](=O)[O-])cc2C=O)cc1. The molecule has 0 aliphatic heterocycles. The van der Waals surface area contributed by atoms with Crippen LogP contribution < -0.4 is 4.74 Å². The van der Waals surface area contributed by atoms with E-state index < -0.39 is 4.92 Å². The molecular formula is C14H11NO4S. The molecule has 0 spiro atoms. The minimum Gasteiger partial charge on any atom is -0.497 e. The summed E-state index contributed by atoms with van der Waals surface area (Å²) in [6, 6.07) is 11.6. The number of carbonyl (C=O) groups is 1. The molecular weight excluding hydrogens is 278 g/mol. The third-order valence-electron chi connectivity index (χ3n) is 2.62. The summed E-state index contributed by atoms with van der Waals surface area (Å²) in [6.45, 7) is 0. The van der Waals surface area contributed by atoms with Crippen molar-refractivity contribution in [2.24, 2.45) is 0 Å². The highest BCUT2D eigenvalue weighted by Gasteiger charge is 2.11. The van der Waals surface area contributed by atoms with E-state index in [0.717, 1.165) is 10.6 Å². The van der Waals surface area contributed by atoms with Gasteiger partial charge in [-0.3, -0.25) is 14.9 Å². The lowest BCUT2D eigenvalue weighted by Gasteiger charge is -2.05. The average molecular weight is 289 g/mol. The lowest BCUT2D eigenvalue weighted by molar-refractivity contribution is -0.384. The van der Waals surface area contributed by atoms with Crippen molar-refractivity contribution < 1.29 is 14.5 Å². The van der Waals surface area contributed by atoms with E-state index in [4.69, 9.17) is 4.74 Å². The van der Waals surface area contributed by atoms with Gasteiger partial charge in [0.05, 0.1) is 12.0 Å². The van der Waals surface area contributed by atoms with E-state index in [1.807, 2.05) is 24.3 Å². The number of hydrogen-bond acceptors (Lipinski definition) is 5. The quantitative estimate of drug-likeness (QED) is 0.478. The molecule has 102 valence electrons. The molecule has 0 N–H and O–H groups in total. The Bertz CT molecular complexity index is 640. The van der Waals surface area contributed by atoms with Gasteiger partial charge in [-0.05, 0) is 30.3 Å². The first-order chi connectivity index (χ1) is 9.63. The summed E-state index contributed by atoms with van der Waals surface area (Å²) in [5.74, 6) is 0.744. The van der Waals surface area contributed by atoms with Crippen LogP contribution in [0.2, 0.25) is 0 Å². The highest BCUT2D eigenvalue weighted by Crippen LogP contribution is 2.32. The minimum atomic E-state index is -0.519. The molecule has 0 bridgehead atoms. The van der Waals surface area contributed by atoms with E-state index in [1.54, 1.807) is 13.2 Å². The Morgan fingerprint density at radius 3 is 2.45 bits per heavy atom. The number of aldehydes is 1. The fourth-order valence-corrected chi connectivity index (χ4v) is 2.49. The van der Waals surface area contributed by atoms with E-state index in [1.165, 1.54) is 23.9 Å². The number of rotatable bonds is 5. The molecule has 2 aromatic carbocycles. The maximum Gasteiger partial charge on any atom is 0.270 e. The van der Waals surface area contributed by atoms with Crippen molar-refractivity contribution >= 4 is 23.7 Å². The van der Waals surface area contributed by atoms with Crippen molar-refractivity contribution in [1.82, 2.24) is 0 Å². The van der Waals surface area contributed by atoms with Crippen molar-refractivity contribution in [3.8, 4) is 5.75 Å². The second kappa shape index (κ2) is 6.21. The van der Waals surface area contributed by atoms with Crippen LogP contribution in [0.25, 0.3) is 0 Å². The zero-order chi connectivity index (χ0) is 14.5. The normalized spacial score (nSPS) is 10.1. The van der Waals surface area contributed by atoms with Gasteiger partial charge in [0, 0.05) is 27.5 Å². The Labute approximate surface area is 119 Å². The van der Waals surface area contributed by atoms with Gasteiger partial charge in [-0.2, -0.15) is 0 Å². The first-order valence-electron chi connectivity index (χ1n) is 5.69. The lowest BCUT2D eigenvalue weighted by atomic mass is 10.2. The third-order valence-corrected chi connectivity index (χ3v) is 3.72. The largest absolute Gasteiger partial charge is 0.497 e. The van der Waals surface area contributed by atoms with Crippen LogP contribution in [0.15, 0.2) is 52.3 Å². The second-order valence-corrected chi connectivity index (χ2v) is 4.99. The summed E-state index contributed by atoms with van der Waals surface area (Å²) in [5, 5.41) is 10.7. The second-order valence-electron chi connectivity index (χ2n) is 3.87. The van der Waals surface area contributed by atoms with Crippen LogP contribution in [-0.4, -0.2) is 18.3 Å². The highest BCUT2D eigenvalue weighted by molar-refractivity contribution is 7.99. The van der Waals surface area contributed by atoms with Gasteiger partial charge < -0.3 is 4.74 Å². The van der Waals surface area contributed by atoms with Crippen LogP contribution >= 0.6 is 11.8 Å². The molecule has 0 aliphatic carbocycles. The Morgan fingerprint density at radius 2 is 1.90 bits per heavy atom. The third kappa shape index (κ3) is 3.16. The highest BCUT2D eigenvalue weighted by atomic mass is 32.2. The molecule has 0 amide bonds. The van der Waals surface area contributed by atoms with Gasteiger partial charge >= 0.3 is 0 Å². The lowest BCUT2D eigenvalue weighted by Crippen LogP contribution is -1.92. The fourth-order valence-electron chi connectivity index (χ4n) is 1.61. The van der Waals surface area contributed by atoms with Crippen molar-refractivity contribution in [3.63, 3.8) is 0 Å². The van der Waals surface area contributed by atoms with Crippen LogP contribution in [0.4, 0.5) is 5.69 Å². The fraction of sp³-hybridized carbons (Fsp3) is 0.0714. The summed E-state index contributed by atoms with van der Waals surface area (Å²) in [4.78, 5) is 22.8. The van der Waals surface area contributed by atoms with E-state index >= 15 is 0 Å². The van der Waals surface area contributed by atoms with Crippen LogP contribution in [0.1, 0.15) is 10.4 Å². The molecule has 20 heavy (non-hydrogen) atoms. The molecule has 0 unspecified atom stereocenters. The van der Waals surface area contributed by atoms with E-state index in [9.17, 15) is 14.9 Å². The van der Waals surface area contributed by atoms with Gasteiger partial charge in [0.2, 0.25) is 0 Å². The first kappa shape index (κ1) is 14.1. The summed E-state index contributed by atoms with van der Waals surface area (Å²) in [7, 11) is 1.59. The summed E-state index contributed by atoms with van der Waals surface area (Å²) < 4.78 is 5.07. The Balaban J connectivity index is 2.27. The number of nitro benzene ring substituents is 1. The molecule has 0 aliphatic rings. The Kier molecular flexibility index (Phi) is 4.37. The molecule has 0 atom stereocenters. The number of ether oxygens (including phenoxy) is 1. The number of non-ortho nitro benzene ring substituents is 1. The molecule has 0 saturated carbocycles. The van der Waals surface area contributed by atoms with Crippen molar-refractivity contribution in [2.45, 2.75) is 9.79 Å². The number of benzene rings is 2. The van der Waals surface area contributed by atoms with E-state index in [0.29, 0.717) is 16.7 Å². The summed E-state index contributed by atoms with van der Waals surface area (Å²) in [5.41, 5.74) is 0.214. The number of carbonyl (C=O) groups excluding carboxylic acids is 1. The number of nitrogens with zero attached hydrogens (tertiary/aromatic N) is 1. The van der Waals surface area contributed by atoms with Gasteiger partial charge in [-0.25, -0.2) is 0 Å². The van der Waals surface area contributed by atoms with Gasteiger partial charge in [-0.1, -0.05) is 11.8 Å². The van der Waals surface area contributed by atoms with E-state index in [-0.39, 0.29) is 5.69 Å². The minimum absolute atomic E-state index is 0.0915. The van der Waals surface area contributed by atoms with E-state index in [2.05, 4.69) is 0 Å². The zero-order valence-electron chi connectivity index (χ0n) is 10.6. The number of hydrogen-bond donors (Lipinski definition) is 0. The maximum absolute atomic E-state index is 11.0. The van der Waals surface area contributed by atoms with Crippen LogP contribution in [-0.2, 0) is 0 Å². The molecule has 0 aromatic heterocycles. The number of methoxy groups -OCH3 is 1. The van der Waals surface area contributed by atoms with Crippen LogP contribution in [0.3, 0.4) is 0 Å². The molecule has 0 radical (unpaired) electrons. The molecule has 2 rings (SSSR count). The summed E-state index contributed by atoms with van der Waals surface area (Å²) >= 11 is 1.37. The zero-order valence-corrected chi connectivity index (χ0v) is 11.4. The van der Waals surface area contributed by atoms with Gasteiger partial charge in [0.15, 0.2) is 6.29 Å². The Hall–Kier alpha value is -2.34. The van der Waals surface area contributed by atoms with Gasteiger partial charge in [-0.15, -0.1) is 0 Å². The molecule has 0 saturated heterocycles. The van der Waals surface area contributed by atoms with Gasteiger partial charge in [0.25, 0.3) is 5.69 Å². The maximum atomic E-state index is 11.0. The van der Waals surface area contributed by atoms with Crippen molar-refractivity contribution in [1.29, 1.82) is 0 Å². The van der Waals surface area contributed by atoms with Crippen molar-refractivity contribution in [2.75, 3.05) is 7.11 Å². The smallest absolute Gasteiger partial charge is 0.270 e. The first-order valence-corrected chi connectivity index (χ1v) is 6.51. The predicted molar refractivity (Wildman–Crippen MR) is 75.6 cm³/mol. The van der Waals surface area contributed by atoms with Gasteiger partial charge in [0.1, 0.15) is 5.75 Å². The number of nitro groups is 1. The summed E-state index contributed by atoms with van der Waals surface area (Å²) in [6.07, 6.45) is 0.624. The standard InChI is InChI=1S/C14H11NO4S/c1-19-12-3-5-13(6-4-12)20-14-7-2-11(15(17)18)8-10(14)9-16/h2-9H,1H3. The topological polar surface area (TPSA) is 69.4 Å². The molecule has 2 aromatic rings. The molecule has 5 nitrogen and oxygen atoms in total.